The Morgan fingerprint density at radius 1 is 1.38 bits per heavy atom. The molecule has 4 N–H and O–H groups in total. The Balaban J connectivity index is 1.71. The van der Waals surface area contributed by atoms with Crippen LogP contribution in [0, 0.1) is 0 Å². The average Bonchev–Trinajstić information content (AvgIpc) is 2.59. The predicted molar refractivity (Wildman–Crippen MR) is 88.7 cm³/mol. The normalized spacial score (nSPS) is 24.1. The van der Waals surface area contributed by atoms with Crippen molar-refractivity contribution in [3.63, 3.8) is 0 Å². The molecule has 0 bridgehead atoms. The molecule has 1 aromatic rings. The molecule has 7 nitrogen and oxygen atoms in total. The lowest BCUT2D eigenvalue weighted by Crippen LogP contribution is -2.71. The van der Waals surface area contributed by atoms with Crippen LogP contribution in [0.1, 0.15) is 18.5 Å². The smallest absolute Gasteiger partial charge is 0.352 e. The fraction of sp³-hybridized carbons (Fsp3) is 0.312. The van der Waals surface area contributed by atoms with E-state index in [1.54, 1.807) is 31.2 Å². The van der Waals surface area contributed by atoms with E-state index < -0.39 is 35.2 Å². The van der Waals surface area contributed by atoms with Crippen molar-refractivity contribution < 1.29 is 19.5 Å². The number of rotatable bonds is 4. The van der Waals surface area contributed by atoms with Crippen molar-refractivity contribution in [1.82, 2.24) is 10.2 Å². The van der Waals surface area contributed by atoms with Gasteiger partial charge in [0.25, 0.3) is 5.91 Å². The van der Waals surface area contributed by atoms with Gasteiger partial charge >= 0.3 is 5.97 Å². The molecule has 0 saturated carbocycles. The molecule has 2 amide bonds. The lowest BCUT2D eigenvalue weighted by atomic mass is 10.0. The first kappa shape index (κ1) is 16.5. The summed E-state index contributed by atoms with van der Waals surface area (Å²) in [6.45, 7) is 1.69. The highest BCUT2D eigenvalue weighted by Gasteiger charge is 2.53. The average molecular weight is 347 g/mol. The first-order valence-electron chi connectivity index (χ1n) is 7.40. The summed E-state index contributed by atoms with van der Waals surface area (Å²) in [7, 11) is 0. The number of hydrogen-bond donors (Lipinski definition) is 3. The second-order valence-corrected chi connectivity index (χ2v) is 6.82. The summed E-state index contributed by atoms with van der Waals surface area (Å²) in [5.41, 5.74) is 7.24. The minimum atomic E-state index is -1.13. The number of carboxylic acids is 1. The lowest BCUT2D eigenvalue weighted by Gasteiger charge is -2.49. The van der Waals surface area contributed by atoms with Gasteiger partial charge in [-0.3, -0.25) is 14.5 Å². The number of carbonyl (C=O) groups excluding carboxylic acids is 2. The van der Waals surface area contributed by atoms with Crippen LogP contribution in [0.15, 0.2) is 41.6 Å². The standard InChI is InChI=1S/C16H17N3O4S/c1-8-7-24-15-11(14(21)19(15)12(8)16(22)23)18-13(20)10(17)9-5-3-2-4-6-9/h2-6,10-11,15H,7,17H2,1H3,(H,18,20)(H,22,23)/t10?,11-,15-/m1/s1. The fourth-order valence-corrected chi connectivity index (χ4v) is 4.12. The van der Waals surface area contributed by atoms with Crippen LogP contribution in [0.4, 0.5) is 0 Å². The van der Waals surface area contributed by atoms with Gasteiger partial charge < -0.3 is 16.2 Å². The molecule has 0 aliphatic carbocycles. The van der Waals surface area contributed by atoms with E-state index in [-0.39, 0.29) is 5.70 Å². The molecule has 1 aromatic carbocycles. The molecular weight excluding hydrogens is 330 g/mol. The maximum atomic E-state index is 12.3. The number of nitrogens with two attached hydrogens (primary N) is 1. The number of benzene rings is 1. The first-order valence-corrected chi connectivity index (χ1v) is 8.45. The van der Waals surface area contributed by atoms with Gasteiger partial charge in [-0.05, 0) is 18.1 Å². The fourth-order valence-electron chi connectivity index (χ4n) is 2.83. The zero-order valence-electron chi connectivity index (χ0n) is 12.9. The van der Waals surface area contributed by atoms with Crippen molar-refractivity contribution in [3.8, 4) is 0 Å². The second-order valence-electron chi connectivity index (χ2n) is 5.72. The maximum absolute atomic E-state index is 12.3. The third kappa shape index (κ3) is 2.67. The minimum absolute atomic E-state index is 0.0154. The molecule has 0 radical (unpaired) electrons. The van der Waals surface area contributed by atoms with E-state index in [0.29, 0.717) is 16.9 Å². The van der Waals surface area contributed by atoms with E-state index in [1.807, 2.05) is 6.07 Å². The summed E-state index contributed by atoms with van der Waals surface area (Å²) in [5, 5.41) is 11.5. The monoisotopic (exact) mass is 347 g/mol. The summed E-state index contributed by atoms with van der Waals surface area (Å²) < 4.78 is 0. The molecule has 0 aromatic heterocycles. The number of thioether (sulfide) groups is 1. The number of fused-ring (bicyclic) bond motifs is 1. The highest BCUT2D eigenvalue weighted by Crippen LogP contribution is 2.40. The highest BCUT2D eigenvalue weighted by molar-refractivity contribution is 8.00. The summed E-state index contributed by atoms with van der Waals surface area (Å²) in [6.07, 6.45) is 0. The Hall–Kier alpha value is -2.32. The Morgan fingerprint density at radius 3 is 2.67 bits per heavy atom. The van der Waals surface area contributed by atoms with Crippen LogP contribution in [-0.4, -0.2) is 45.0 Å². The zero-order valence-corrected chi connectivity index (χ0v) is 13.7. The van der Waals surface area contributed by atoms with E-state index in [2.05, 4.69) is 5.32 Å². The van der Waals surface area contributed by atoms with Crippen molar-refractivity contribution in [2.24, 2.45) is 5.73 Å². The summed E-state index contributed by atoms with van der Waals surface area (Å²) in [4.78, 5) is 37.2. The van der Waals surface area contributed by atoms with Crippen molar-refractivity contribution in [1.29, 1.82) is 0 Å². The van der Waals surface area contributed by atoms with Gasteiger partial charge in [-0.25, -0.2) is 4.79 Å². The SMILES string of the molecule is CC1=C(C(=O)O)N2C(=O)[C@@H](NC(=O)C(N)c3ccccc3)[C@H]2SC1. The number of β-lactam (4-membered cyclic amide) rings is 1. The largest absolute Gasteiger partial charge is 0.477 e. The minimum Gasteiger partial charge on any atom is -0.477 e. The van der Waals surface area contributed by atoms with Gasteiger partial charge in [0, 0.05) is 5.75 Å². The number of aliphatic carboxylic acids is 1. The number of amides is 2. The van der Waals surface area contributed by atoms with Gasteiger partial charge in [0.05, 0.1) is 0 Å². The van der Waals surface area contributed by atoms with Crippen LogP contribution in [0.3, 0.4) is 0 Å². The molecule has 126 valence electrons. The van der Waals surface area contributed by atoms with Crippen LogP contribution in [0.25, 0.3) is 0 Å². The number of carbonyl (C=O) groups is 3. The number of carboxylic acid groups (broad SMARTS) is 1. The van der Waals surface area contributed by atoms with Crippen molar-refractivity contribution in [2.75, 3.05) is 5.75 Å². The molecule has 8 heteroatoms. The van der Waals surface area contributed by atoms with Crippen LogP contribution in [0.2, 0.25) is 0 Å². The Kier molecular flexibility index (Phi) is 4.33. The summed E-state index contributed by atoms with van der Waals surface area (Å²) in [5.74, 6) is -1.50. The Labute approximate surface area is 142 Å². The van der Waals surface area contributed by atoms with E-state index in [1.165, 1.54) is 16.7 Å². The number of hydrogen-bond acceptors (Lipinski definition) is 5. The van der Waals surface area contributed by atoms with Crippen LogP contribution >= 0.6 is 11.8 Å². The molecular formula is C16H17N3O4S. The first-order chi connectivity index (χ1) is 11.4. The van der Waals surface area contributed by atoms with Gasteiger partial charge in [-0.15, -0.1) is 11.8 Å². The molecule has 0 spiro atoms. The molecule has 2 heterocycles. The van der Waals surface area contributed by atoms with Crippen molar-refractivity contribution in [3.05, 3.63) is 47.2 Å². The molecule has 2 aliphatic rings. The topological polar surface area (TPSA) is 113 Å². The number of nitrogens with one attached hydrogen (secondary N) is 1. The molecule has 1 saturated heterocycles. The maximum Gasteiger partial charge on any atom is 0.352 e. The lowest BCUT2D eigenvalue weighted by molar-refractivity contribution is -0.150. The molecule has 1 unspecified atom stereocenters. The quantitative estimate of drug-likeness (QED) is 0.682. The Morgan fingerprint density at radius 2 is 2.04 bits per heavy atom. The van der Waals surface area contributed by atoms with Crippen molar-refractivity contribution >= 4 is 29.5 Å². The predicted octanol–water partition coefficient (Wildman–Crippen LogP) is 0.445. The zero-order chi connectivity index (χ0) is 17.4. The molecule has 24 heavy (non-hydrogen) atoms. The third-order valence-corrected chi connectivity index (χ3v) is 5.52. The number of nitrogens with zero attached hydrogens (tertiary/aromatic N) is 1. The van der Waals surface area contributed by atoms with Crippen LogP contribution in [0.5, 0.6) is 0 Å². The Bertz CT molecular complexity index is 734. The van der Waals surface area contributed by atoms with E-state index in [9.17, 15) is 19.5 Å². The van der Waals surface area contributed by atoms with E-state index >= 15 is 0 Å². The van der Waals surface area contributed by atoms with E-state index in [4.69, 9.17) is 5.73 Å². The van der Waals surface area contributed by atoms with E-state index in [0.717, 1.165) is 0 Å². The van der Waals surface area contributed by atoms with Gasteiger partial charge in [-0.1, -0.05) is 30.3 Å². The van der Waals surface area contributed by atoms with Crippen LogP contribution < -0.4 is 11.1 Å². The van der Waals surface area contributed by atoms with Gasteiger partial charge in [0.1, 0.15) is 23.2 Å². The molecule has 2 aliphatic heterocycles. The van der Waals surface area contributed by atoms with Gasteiger partial charge in [0.2, 0.25) is 5.91 Å². The van der Waals surface area contributed by atoms with Crippen molar-refractivity contribution in [2.45, 2.75) is 24.4 Å². The van der Waals surface area contributed by atoms with Gasteiger partial charge in [0.15, 0.2) is 0 Å². The molecule has 3 atom stereocenters. The summed E-state index contributed by atoms with van der Waals surface area (Å²) >= 11 is 1.43. The second kappa shape index (κ2) is 6.29. The molecule has 3 rings (SSSR count). The third-order valence-electron chi connectivity index (χ3n) is 4.10. The molecule has 1 fully saturated rings. The van der Waals surface area contributed by atoms with Crippen LogP contribution in [-0.2, 0) is 14.4 Å². The highest BCUT2D eigenvalue weighted by atomic mass is 32.2. The van der Waals surface area contributed by atoms with Gasteiger partial charge in [-0.2, -0.15) is 0 Å². The summed E-state index contributed by atoms with van der Waals surface area (Å²) in [6, 6.07) is 7.23.